The topological polar surface area (TPSA) is 91.2 Å². The van der Waals surface area contributed by atoms with E-state index in [2.05, 4.69) is 5.32 Å². The van der Waals surface area contributed by atoms with Gasteiger partial charge in [-0.15, -0.1) is 0 Å². The third-order valence-corrected chi connectivity index (χ3v) is 4.22. The molecule has 0 radical (unpaired) electrons. The molecule has 3 rings (SSSR count). The first kappa shape index (κ1) is 15.0. The summed E-state index contributed by atoms with van der Waals surface area (Å²) in [5, 5.41) is 13.4. The molecule has 0 spiro atoms. The highest BCUT2D eigenvalue weighted by Crippen LogP contribution is 2.16. The molecule has 0 atom stereocenters. The molecule has 0 aliphatic heterocycles. The first-order valence-corrected chi connectivity index (χ1v) is 7.56. The number of rotatable bonds is 4. The number of hydrogen-bond acceptors (Lipinski definition) is 5. The van der Waals surface area contributed by atoms with E-state index < -0.39 is 11.9 Å². The lowest BCUT2D eigenvalue weighted by Crippen LogP contribution is -2.25. The highest BCUT2D eigenvalue weighted by atomic mass is 32.1. The number of nitrogens with zero attached hydrogens (tertiary/aromatic N) is 1. The van der Waals surface area contributed by atoms with E-state index in [4.69, 9.17) is 0 Å². The second kappa shape index (κ2) is 6.05. The van der Waals surface area contributed by atoms with E-state index in [1.54, 1.807) is 18.2 Å². The van der Waals surface area contributed by atoms with Crippen LogP contribution in [0.2, 0.25) is 0 Å². The van der Waals surface area contributed by atoms with Crippen LogP contribution in [0.1, 0.15) is 10.4 Å². The Kier molecular flexibility index (Phi) is 3.94. The van der Waals surface area contributed by atoms with Crippen molar-refractivity contribution in [1.29, 1.82) is 0 Å². The van der Waals surface area contributed by atoms with E-state index in [0.717, 1.165) is 16.0 Å². The maximum Gasteiger partial charge on any atom is 0.308 e. The molecule has 3 aromatic rings. The van der Waals surface area contributed by atoms with Crippen molar-refractivity contribution in [3.63, 3.8) is 0 Å². The van der Waals surface area contributed by atoms with Crippen LogP contribution in [0.15, 0.2) is 53.3 Å². The van der Waals surface area contributed by atoms with Gasteiger partial charge in [0.1, 0.15) is 6.54 Å². The summed E-state index contributed by atoms with van der Waals surface area (Å²) in [6.45, 7) is -0.140. The second-order valence-electron chi connectivity index (χ2n) is 4.84. The van der Waals surface area contributed by atoms with Crippen molar-refractivity contribution >= 4 is 39.1 Å². The van der Waals surface area contributed by atoms with Crippen molar-refractivity contribution in [2.45, 2.75) is 6.54 Å². The minimum absolute atomic E-state index is 0.0269. The fourth-order valence-corrected chi connectivity index (χ4v) is 3.12. The van der Waals surface area contributed by atoms with Crippen molar-refractivity contribution in [2.24, 2.45) is 0 Å². The highest BCUT2D eigenvalue weighted by molar-refractivity contribution is 7.16. The molecule has 7 heteroatoms. The van der Waals surface area contributed by atoms with Gasteiger partial charge in [0.2, 0.25) is 5.91 Å². The Morgan fingerprint density at radius 2 is 1.91 bits per heavy atom. The van der Waals surface area contributed by atoms with Gasteiger partial charge in [-0.25, -0.2) is 0 Å². The third kappa shape index (κ3) is 3.14. The zero-order chi connectivity index (χ0) is 16.4. The normalized spacial score (nSPS) is 10.6. The largest absolute Gasteiger partial charge is 0.545 e. The number of carbonyl (C=O) groups excluding carboxylic acids is 2. The van der Waals surface area contributed by atoms with E-state index in [1.807, 2.05) is 12.1 Å². The Morgan fingerprint density at radius 1 is 1.13 bits per heavy atom. The molecule has 116 valence electrons. The van der Waals surface area contributed by atoms with Crippen molar-refractivity contribution in [3.05, 3.63) is 63.8 Å². The number of carbonyl (C=O) groups is 2. The number of amides is 1. The summed E-state index contributed by atoms with van der Waals surface area (Å²) in [6, 6.07) is 13.0. The zero-order valence-electron chi connectivity index (χ0n) is 11.8. The molecule has 6 nitrogen and oxygen atoms in total. The van der Waals surface area contributed by atoms with Gasteiger partial charge in [0.25, 0.3) is 0 Å². The van der Waals surface area contributed by atoms with Crippen LogP contribution >= 0.6 is 11.3 Å². The van der Waals surface area contributed by atoms with Gasteiger partial charge in [-0.05, 0) is 29.8 Å². The van der Waals surface area contributed by atoms with Crippen molar-refractivity contribution < 1.29 is 14.7 Å². The van der Waals surface area contributed by atoms with E-state index in [1.165, 1.54) is 22.8 Å². The minimum Gasteiger partial charge on any atom is -0.545 e. The van der Waals surface area contributed by atoms with E-state index in [-0.39, 0.29) is 17.0 Å². The number of aromatic nitrogens is 1. The van der Waals surface area contributed by atoms with Crippen LogP contribution < -0.4 is 15.3 Å². The fraction of sp³-hybridized carbons (Fsp3) is 0.0625. The summed E-state index contributed by atoms with van der Waals surface area (Å²) < 4.78 is 2.20. The Balaban J connectivity index is 1.82. The van der Waals surface area contributed by atoms with Crippen molar-refractivity contribution in [3.8, 4) is 0 Å². The van der Waals surface area contributed by atoms with Crippen LogP contribution in [0.3, 0.4) is 0 Å². The Bertz CT molecular complexity index is 958. The van der Waals surface area contributed by atoms with Crippen LogP contribution in [-0.2, 0) is 11.3 Å². The second-order valence-corrected chi connectivity index (χ2v) is 5.83. The molecule has 1 heterocycles. The third-order valence-electron chi connectivity index (χ3n) is 3.26. The summed E-state index contributed by atoms with van der Waals surface area (Å²) >= 11 is 1.07. The van der Waals surface area contributed by atoms with E-state index in [0.29, 0.717) is 11.2 Å². The maximum absolute atomic E-state index is 12.1. The molecule has 1 N–H and O–H groups in total. The molecule has 0 aliphatic carbocycles. The summed E-state index contributed by atoms with van der Waals surface area (Å²) in [4.78, 5) is 34.7. The summed E-state index contributed by atoms with van der Waals surface area (Å²) in [7, 11) is 0. The van der Waals surface area contributed by atoms with Crippen molar-refractivity contribution in [2.75, 3.05) is 5.32 Å². The molecule has 0 bridgehead atoms. The molecule has 0 saturated carbocycles. The first-order chi connectivity index (χ1) is 11.0. The van der Waals surface area contributed by atoms with Crippen LogP contribution in [0.4, 0.5) is 5.69 Å². The molecule has 1 aromatic heterocycles. The Morgan fingerprint density at radius 3 is 2.70 bits per heavy atom. The number of thiazole rings is 1. The highest BCUT2D eigenvalue weighted by Gasteiger charge is 2.11. The van der Waals surface area contributed by atoms with Gasteiger partial charge in [-0.1, -0.05) is 35.6 Å². The van der Waals surface area contributed by atoms with E-state index in [9.17, 15) is 19.5 Å². The smallest absolute Gasteiger partial charge is 0.308 e. The number of fused-ring (bicyclic) bond motifs is 1. The Labute approximate surface area is 134 Å². The number of anilines is 1. The Hall–Kier alpha value is -2.93. The molecular formula is C16H11N2O4S-. The lowest BCUT2D eigenvalue weighted by molar-refractivity contribution is -0.255. The monoisotopic (exact) mass is 327 g/mol. The van der Waals surface area contributed by atoms with Gasteiger partial charge in [0, 0.05) is 5.69 Å². The zero-order valence-corrected chi connectivity index (χ0v) is 12.6. The number of benzene rings is 2. The van der Waals surface area contributed by atoms with Gasteiger partial charge >= 0.3 is 4.87 Å². The lowest BCUT2D eigenvalue weighted by atomic mass is 10.2. The molecule has 0 aliphatic rings. The van der Waals surface area contributed by atoms with Crippen LogP contribution in [0.25, 0.3) is 10.2 Å². The van der Waals surface area contributed by atoms with Gasteiger partial charge in [-0.2, -0.15) is 0 Å². The fourth-order valence-electron chi connectivity index (χ4n) is 2.23. The molecule has 1 amide bonds. The van der Waals surface area contributed by atoms with Gasteiger partial charge in [0.05, 0.1) is 16.2 Å². The lowest BCUT2D eigenvalue weighted by Gasteiger charge is -2.08. The molecule has 23 heavy (non-hydrogen) atoms. The average Bonchev–Trinajstić information content (AvgIpc) is 2.83. The average molecular weight is 327 g/mol. The molecular weight excluding hydrogens is 316 g/mol. The van der Waals surface area contributed by atoms with Gasteiger partial charge in [-0.3, -0.25) is 14.2 Å². The summed E-state index contributed by atoms with van der Waals surface area (Å²) in [5.74, 6) is -1.73. The minimum atomic E-state index is -1.32. The van der Waals surface area contributed by atoms with E-state index >= 15 is 0 Å². The SMILES string of the molecule is O=C(Cn1c(=O)sc2ccccc21)Nc1cccc(C(=O)[O-])c1. The molecule has 0 saturated heterocycles. The number of aromatic carboxylic acids is 1. The van der Waals surface area contributed by atoms with Crippen LogP contribution in [0.5, 0.6) is 0 Å². The summed E-state index contributed by atoms with van der Waals surface area (Å²) in [5.41, 5.74) is 1.01. The molecule has 0 unspecified atom stereocenters. The summed E-state index contributed by atoms with van der Waals surface area (Å²) in [6.07, 6.45) is 0. The maximum atomic E-state index is 12.1. The number of nitrogens with one attached hydrogen (secondary N) is 1. The van der Waals surface area contributed by atoms with Crippen LogP contribution in [0, 0.1) is 0 Å². The predicted octanol–water partition coefficient (Wildman–Crippen LogP) is 1.07. The van der Waals surface area contributed by atoms with Gasteiger partial charge in [0.15, 0.2) is 0 Å². The number of carboxylic acid groups (broad SMARTS) is 1. The first-order valence-electron chi connectivity index (χ1n) is 6.74. The molecule has 0 fully saturated rings. The number of para-hydroxylation sites is 1. The number of carboxylic acids is 1. The van der Waals surface area contributed by atoms with Gasteiger partial charge < -0.3 is 15.2 Å². The van der Waals surface area contributed by atoms with Crippen LogP contribution in [-0.4, -0.2) is 16.4 Å². The predicted molar refractivity (Wildman–Crippen MR) is 85.5 cm³/mol. The quantitative estimate of drug-likeness (QED) is 0.776. The molecule has 2 aromatic carbocycles. The standard InChI is InChI=1S/C16H12N2O4S/c19-14(17-11-5-3-4-10(8-11)15(20)21)9-18-12-6-1-2-7-13(12)23-16(18)22/h1-8H,9H2,(H,17,19)(H,20,21)/p-1. The number of hydrogen-bond donors (Lipinski definition) is 1. The van der Waals surface area contributed by atoms with Crippen molar-refractivity contribution in [1.82, 2.24) is 4.57 Å².